The number of hydrazone groups is 1. The van der Waals surface area contributed by atoms with E-state index in [-0.39, 0.29) is 24.1 Å². The molecule has 1 aliphatic heterocycles. The van der Waals surface area contributed by atoms with E-state index < -0.39 is 10.0 Å². The molecule has 0 aromatic heterocycles. The molecule has 0 aliphatic carbocycles. The number of aryl methyl sites for hydroxylation is 1. The van der Waals surface area contributed by atoms with Crippen molar-refractivity contribution < 1.29 is 13.2 Å². The Bertz CT molecular complexity index is 668. The Balaban J connectivity index is 1.91. The monoisotopic (exact) mass is 337 g/mol. The van der Waals surface area contributed by atoms with Gasteiger partial charge in [0.05, 0.1) is 17.9 Å². The Kier molecular flexibility index (Phi) is 5.90. The van der Waals surface area contributed by atoms with Crippen molar-refractivity contribution in [3.8, 4) is 0 Å². The Hall–Kier alpha value is -1.73. The number of piperidine rings is 1. The first-order valence-corrected chi connectivity index (χ1v) is 9.40. The molecule has 0 bridgehead atoms. The molecule has 6 nitrogen and oxygen atoms in total. The SMILES string of the molecule is CCS(=O)(=O)N1CCCC(C(=O)NN=Cc2ccc(C)cc2)C1. The molecule has 1 aliphatic rings. The van der Waals surface area contributed by atoms with Crippen molar-refractivity contribution in [3.63, 3.8) is 0 Å². The number of carbonyl (C=O) groups is 1. The van der Waals surface area contributed by atoms with E-state index in [2.05, 4.69) is 10.5 Å². The highest BCUT2D eigenvalue weighted by atomic mass is 32.2. The summed E-state index contributed by atoms with van der Waals surface area (Å²) >= 11 is 0. The molecular formula is C16H23N3O3S. The maximum atomic E-state index is 12.2. The minimum Gasteiger partial charge on any atom is -0.273 e. The molecule has 0 radical (unpaired) electrons. The van der Waals surface area contributed by atoms with Crippen LogP contribution in [0.3, 0.4) is 0 Å². The minimum atomic E-state index is -3.24. The molecule has 1 heterocycles. The lowest BCUT2D eigenvalue weighted by molar-refractivity contribution is -0.126. The standard InChI is InChI=1S/C16H23N3O3S/c1-3-23(21,22)19-10-4-5-15(12-19)16(20)18-17-11-14-8-6-13(2)7-9-14/h6-9,11,15H,3-5,10,12H2,1-2H3,(H,18,20). The number of nitrogens with zero attached hydrogens (tertiary/aromatic N) is 2. The van der Waals surface area contributed by atoms with Crippen LogP contribution in [-0.4, -0.2) is 43.7 Å². The summed E-state index contributed by atoms with van der Waals surface area (Å²) in [5.74, 6) is -0.517. The van der Waals surface area contributed by atoms with E-state index in [1.807, 2.05) is 31.2 Å². The van der Waals surface area contributed by atoms with Gasteiger partial charge in [-0.3, -0.25) is 4.79 Å². The van der Waals surface area contributed by atoms with Gasteiger partial charge in [0, 0.05) is 13.1 Å². The quantitative estimate of drug-likeness (QED) is 0.653. The second-order valence-corrected chi connectivity index (χ2v) is 8.00. The van der Waals surface area contributed by atoms with Crippen molar-refractivity contribution in [2.45, 2.75) is 26.7 Å². The summed E-state index contributed by atoms with van der Waals surface area (Å²) < 4.78 is 25.2. The molecule has 2 rings (SSSR count). The molecule has 1 N–H and O–H groups in total. The highest BCUT2D eigenvalue weighted by Crippen LogP contribution is 2.19. The van der Waals surface area contributed by atoms with Crippen LogP contribution in [0.15, 0.2) is 29.4 Å². The van der Waals surface area contributed by atoms with Gasteiger partial charge in [-0.2, -0.15) is 5.10 Å². The number of hydrogen-bond acceptors (Lipinski definition) is 4. The van der Waals surface area contributed by atoms with E-state index in [4.69, 9.17) is 0 Å². The molecule has 1 fully saturated rings. The normalized spacial score (nSPS) is 19.8. The average Bonchev–Trinajstić information content (AvgIpc) is 2.56. The van der Waals surface area contributed by atoms with Crippen LogP contribution in [-0.2, 0) is 14.8 Å². The first-order chi connectivity index (χ1) is 10.9. The molecule has 0 saturated carbocycles. The van der Waals surface area contributed by atoms with Crippen LogP contribution in [0.25, 0.3) is 0 Å². The zero-order valence-electron chi connectivity index (χ0n) is 13.5. The number of carbonyl (C=O) groups excluding carboxylic acids is 1. The fourth-order valence-electron chi connectivity index (χ4n) is 2.51. The van der Waals surface area contributed by atoms with E-state index in [9.17, 15) is 13.2 Å². The van der Waals surface area contributed by atoms with Crippen molar-refractivity contribution in [2.24, 2.45) is 11.0 Å². The molecule has 1 aromatic rings. The number of sulfonamides is 1. The molecular weight excluding hydrogens is 314 g/mol. The number of amides is 1. The van der Waals surface area contributed by atoms with Crippen LogP contribution in [0.4, 0.5) is 0 Å². The molecule has 1 atom stereocenters. The second kappa shape index (κ2) is 7.70. The van der Waals surface area contributed by atoms with Crippen LogP contribution >= 0.6 is 0 Å². The minimum absolute atomic E-state index is 0.0624. The van der Waals surface area contributed by atoms with Crippen LogP contribution in [0, 0.1) is 12.8 Å². The third-order valence-electron chi connectivity index (χ3n) is 3.98. The first kappa shape index (κ1) is 17.6. The topological polar surface area (TPSA) is 78.8 Å². The van der Waals surface area contributed by atoms with Crippen LogP contribution < -0.4 is 5.43 Å². The van der Waals surface area contributed by atoms with Crippen molar-refractivity contribution in [1.82, 2.24) is 9.73 Å². The third kappa shape index (κ3) is 4.87. The molecule has 1 amide bonds. The largest absolute Gasteiger partial charge is 0.273 e. The smallest absolute Gasteiger partial charge is 0.244 e. The Labute approximate surface area is 137 Å². The lowest BCUT2D eigenvalue weighted by atomic mass is 9.99. The number of benzene rings is 1. The molecule has 1 saturated heterocycles. The Morgan fingerprint density at radius 1 is 1.39 bits per heavy atom. The first-order valence-electron chi connectivity index (χ1n) is 7.80. The van der Waals surface area contributed by atoms with Gasteiger partial charge in [0.15, 0.2) is 0 Å². The lowest BCUT2D eigenvalue weighted by Gasteiger charge is -2.30. The van der Waals surface area contributed by atoms with Gasteiger partial charge >= 0.3 is 0 Å². The highest BCUT2D eigenvalue weighted by molar-refractivity contribution is 7.89. The van der Waals surface area contributed by atoms with Gasteiger partial charge in [0.2, 0.25) is 15.9 Å². The van der Waals surface area contributed by atoms with E-state index in [1.165, 1.54) is 4.31 Å². The zero-order valence-corrected chi connectivity index (χ0v) is 14.3. The van der Waals surface area contributed by atoms with Gasteiger partial charge in [0.25, 0.3) is 0 Å². The van der Waals surface area contributed by atoms with Crippen LogP contribution in [0.2, 0.25) is 0 Å². The van der Waals surface area contributed by atoms with Gasteiger partial charge in [-0.25, -0.2) is 18.1 Å². The summed E-state index contributed by atoms with van der Waals surface area (Å²) in [6, 6.07) is 7.78. The Morgan fingerprint density at radius 2 is 2.09 bits per heavy atom. The van der Waals surface area contributed by atoms with Gasteiger partial charge in [-0.1, -0.05) is 29.8 Å². The number of rotatable bonds is 5. The maximum absolute atomic E-state index is 12.2. The van der Waals surface area contributed by atoms with Crippen molar-refractivity contribution in [2.75, 3.05) is 18.8 Å². The summed E-state index contributed by atoms with van der Waals surface area (Å²) in [5, 5.41) is 3.96. The zero-order chi connectivity index (χ0) is 16.9. The average molecular weight is 337 g/mol. The van der Waals surface area contributed by atoms with E-state index in [1.54, 1.807) is 13.1 Å². The van der Waals surface area contributed by atoms with Crippen LogP contribution in [0.5, 0.6) is 0 Å². The van der Waals surface area contributed by atoms with E-state index >= 15 is 0 Å². The van der Waals surface area contributed by atoms with Gasteiger partial charge in [-0.05, 0) is 32.3 Å². The molecule has 23 heavy (non-hydrogen) atoms. The lowest BCUT2D eigenvalue weighted by Crippen LogP contribution is -2.45. The summed E-state index contributed by atoms with van der Waals surface area (Å²) in [6.45, 7) is 4.35. The summed E-state index contributed by atoms with van der Waals surface area (Å²) in [5.41, 5.74) is 4.57. The summed E-state index contributed by atoms with van der Waals surface area (Å²) in [7, 11) is -3.24. The predicted molar refractivity (Wildman–Crippen MR) is 90.7 cm³/mol. The predicted octanol–water partition coefficient (Wildman–Crippen LogP) is 1.51. The van der Waals surface area contributed by atoms with E-state index in [0.29, 0.717) is 19.4 Å². The molecule has 1 aromatic carbocycles. The number of hydrogen-bond donors (Lipinski definition) is 1. The summed E-state index contributed by atoms with van der Waals surface area (Å²) in [4.78, 5) is 12.2. The fraction of sp³-hybridized carbons (Fsp3) is 0.500. The second-order valence-electron chi connectivity index (χ2n) is 5.74. The van der Waals surface area contributed by atoms with Crippen LogP contribution in [0.1, 0.15) is 30.9 Å². The highest BCUT2D eigenvalue weighted by Gasteiger charge is 2.31. The third-order valence-corrected chi connectivity index (χ3v) is 5.83. The Morgan fingerprint density at radius 3 is 2.74 bits per heavy atom. The van der Waals surface area contributed by atoms with Gasteiger partial charge in [0.1, 0.15) is 0 Å². The summed E-state index contributed by atoms with van der Waals surface area (Å²) in [6.07, 6.45) is 2.96. The molecule has 126 valence electrons. The molecule has 0 spiro atoms. The fourth-order valence-corrected chi connectivity index (χ4v) is 3.69. The van der Waals surface area contributed by atoms with E-state index in [0.717, 1.165) is 11.1 Å². The van der Waals surface area contributed by atoms with Gasteiger partial charge < -0.3 is 0 Å². The van der Waals surface area contributed by atoms with Crippen molar-refractivity contribution in [3.05, 3.63) is 35.4 Å². The molecule has 7 heteroatoms. The van der Waals surface area contributed by atoms with Gasteiger partial charge in [-0.15, -0.1) is 0 Å². The number of nitrogens with one attached hydrogen (secondary N) is 1. The van der Waals surface area contributed by atoms with Crippen molar-refractivity contribution >= 4 is 22.1 Å². The molecule has 1 unspecified atom stereocenters. The van der Waals surface area contributed by atoms with Crippen molar-refractivity contribution in [1.29, 1.82) is 0 Å². The maximum Gasteiger partial charge on any atom is 0.244 e.